The van der Waals surface area contributed by atoms with Gasteiger partial charge in [0.25, 0.3) is 5.91 Å². The molecule has 0 radical (unpaired) electrons. The van der Waals surface area contributed by atoms with Crippen LogP contribution in [0.15, 0.2) is 59.5 Å². The van der Waals surface area contributed by atoms with Gasteiger partial charge in [-0.25, -0.2) is 18.5 Å². The van der Waals surface area contributed by atoms with Gasteiger partial charge in [0.15, 0.2) is 0 Å². The molecule has 1 heterocycles. The summed E-state index contributed by atoms with van der Waals surface area (Å²) in [4.78, 5) is 41.3. The van der Waals surface area contributed by atoms with Crippen molar-refractivity contribution in [2.75, 3.05) is 4.90 Å². The second-order valence-corrected chi connectivity index (χ2v) is 9.03. The van der Waals surface area contributed by atoms with E-state index in [4.69, 9.17) is 5.14 Å². The van der Waals surface area contributed by atoms with Gasteiger partial charge < -0.3 is 4.90 Å². The maximum atomic E-state index is 13.3. The van der Waals surface area contributed by atoms with Gasteiger partial charge in [-0.2, -0.15) is 0 Å². The van der Waals surface area contributed by atoms with E-state index < -0.39 is 33.9 Å². The summed E-state index contributed by atoms with van der Waals surface area (Å²) in [5, 5.41) is 5.11. The molecule has 0 bridgehead atoms. The Balaban J connectivity index is 1.94. The first kappa shape index (κ1) is 22.6. The zero-order valence-corrected chi connectivity index (χ0v) is 18.2. The molecule has 2 atom stereocenters. The minimum absolute atomic E-state index is 0.121. The number of imide groups is 1. The summed E-state index contributed by atoms with van der Waals surface area (Å²) in [6.45, 7) is 3.72. The SMILES string of the molecule is CCCC(=O)N(C1CC(=O)N(c2ccc(S(N)(=O)=O)cc2)C1=O)C(C)c1ccccc1. The highest BCUT2D eigenvalue weighted by Gasteiger charge is 2.45. The molecule has 1 aliphatic heterocycles. The summed E-state index contributed by atoms with van der Waals surface area (Å²) in [6, 6.07) is 13.2. The van der Waals surface area contributed by atoms with E-state index in [1.54, 1.807) is 0 Å². The summed E-state index contributed by atoms with van der Waals surface area (Å²) >= 11 is 0. The minimum atomic E-state index is -3.90. The lowest BCUT2D eigenvalue weighted by Crippen LogP contribution is -2.46. The van der Waals surface area contributed by atoms with Gasteiger partial charge in [-0.1, -0.05) is 37.3 Å². The van der Waals surface area contributed by atoms with Crippen molar-refractivity contribution in [2.24, 2.45) is 5.14 Å². The van der Waals surface area contributed by atoms with Crippen molar-refractivity contribution in [2.45, 2.75) is 50.1 Å². The fourth-order valence-electron chi connectivity index (χ4n) is 3.78. The number of hydrogen-bond acceptors (Lipinski definition) is 5. The Bertz CT molecular complexity index is 1080. The van der Waals surface area contributed by atoms with Gasteiger partial charge in [0, 0.05) is 6.42 Å². The second kappa shape index (κ2) is 8.99. The average molecular weight is 444 g/mol. The molecule has 1 fully saturated rings. The number of benzene rings is 2. The number of nitrogens with zero attached hydrogens (tertiary/aromatic N) is 2. The lowest BCUT2D eigenvalue weighted by Gasteiger charge is -2.33. The quantitative estimate of drug-likeness (QED) is 0.659. The number of sulfonamides is 1. The molecule has 31 heavy (non-hydrogen) atoms. The Hall–Kier alpha value is -3.04. The fraction of sp³-hybridized carbons (Fsp3) is 0.318. The monoisotopic (exact) mass is 443 g/mol. The van der Waals surface area contributed by atoms with Crippen LogP contribution < -0.4 is 10.0 Å². The lowest BCUT2D eigenvalue weighted by molar-refractivity contribution is -0.141. The molecule has 0 aliphatic carbocycles. The number of nitrogens with two attached hydrogens (primary N) is 1. The zero-order chi connectivity index (χ0) is 22.8. The van der Waals surface area contributed by atoms with Crippen molar-refractivity contribution in [3.05, 3.63) is 60.2 Å². The molecule has 164 valence electrons. The minimum Gasteiger partial charge on any atom is -0.323 e. The van der Waals surface area contributed by atoms with E-state index >= 15 is 0 Å². The summed E-state index contributed by atoms with van der Waals surface area (Å²) in [6.07, 6.45) is 0.741. The Morgan fingerprint density at radius 1 is 1.13 bits per heavy atom. The largest absolute Gasteiger partial charge is 0.323 e. The highest BCUT2D eigenvalue weighted by atomic mass is 32.2. The van der Waals surface area contributed by atoms with Crippen LogP contribution in [0.4, 0.5) is 5.69 Å². The maximum absolute atomic E-state index is 13.3. The molecule has 9 heteroatoms. The van der Waals surface area contributed by atoms with Gasteiger partial charge in [0.05, 0.1) is 23.0 Å². The highest BCUT2D eigenvalue weighted by molar-refractivity contribution is 7.89. The summed E-state index contributed by atoms with van der Waals surface area (Å²) < 4.78 is 22.9. The van der Waals surface area contributed by atoms with Crippen LogP contribution in [0, 0.1) is 0 Å². The van der Waals surface area contributed by atoms with Crippen molar-refractivity contribution in [1.82, 2.24) is 4.90 Å². The molecule has 2 unspecified atom stereocenters. The number of primary sulfonamides is 1. The van der Waals surface area contributed by atoms with E-state index in [-0.39, 0.29) is 29.3 Å². The van der Waals surface area contributed by atoms with Gasteiger partial charge in [-0.15, -0.1) is 0 Å². The summed E-state index contributed by atoms with van der Waals surface area (Å²) in [7, 11) is -3.90. The number of carbonyl (C=O) groups excluding carboxylic acids is 3. The first-order valence-corrected chi connectivity index (χ1v) is 11.6. The molecule has 0 saturated carbocycles. The average Bonchev–Trinajstić information content (AvgIpc) is 3.02. The van der Waals surface area contributed by atoms with Crippen molar-refractivity contribution < 1.29 is 22.8 Å². The molecular weight excluding hydrogens is 418 g/mol. The number of carbonyl (C=O) groups is 3. The predicted octanol–water partition coefficient (Wildman–Crippen LogP) is 2.36. The van der Waals surface area contributed by atoms with Crippen LogP contribution in [0.5, 0.6) is 0 Å². The smallest absolute Gasteiger partial charge is 0.257 e. The topological polar surface area (TPSA) is 118 Å². The van der Waals surface area contributed by atoms with Crippen LogP contribution >= 0.6 is 0 Å². The van der Waals surface area contributed by atoms with Crippen LogP contribution in [-0.2, 0) is 24.4 Å². The van der Waals surface area contributed by atoms with Crippen molar-refractivity contribution in [3.63, 3.8) is 0 Å². The lowest BCUT2D eigenvalue weighted by atomic mass is 10.0. The number of anilines is 1. The molecule has 8 nitrogen and oxygen atoms in total. The summed E-state index contributed by atoms with van der Waals surface area (Å²) in [5.41, 5.74) is 1.10. The standard InChI is InChI=1S/C22H25N3O5S/c1-3-7-20(26)24(15(2)16-8-5-4-6-9-16)19-14-21(27)25(22(19)28)17-10-12-18(13-11-17)31(23,29)30/h4-6,8-13,15,19H,3,7,14H2,1-2H3,(H2,23,29,30). The van der Waals surface area contributed by atoms with Crippen LogP contribution in [-0.4, -0.2) is 37.1 Å². The first-order valence-electron chi connectivity index (χ1n) is 10.0. The van der Waals surface area contributed by atoms with Gasteiger partial charge in [0.1, 0.15) is 6.04 Å². The van der Waals surface area contributed by atoms with E-state index in [2.05, 4.69) is 0 Å². The number of hydrogen-bond donors (Lipinski definition) is 1. The van der Waals surface area contributed by atoms with Crippen LogP contribution in [0.3, 0.4) is 0 Å². The molecular formula is C22H25N3O5S. The molecule has 3 rings (SSSR count). The van der Waals surface area contributed by atoms with E-state index in [0.29, 0.717) is 6.42 Å². The van der Waals surface area contributed by atoms with E-state index in [1.165, 1.54) is 29.2 Å². The van der Waals surface area contributed by atoms with Crippen LogP contribution in [0.2, 0.25) is 0 Å². The van der Waals surface area contributed by atoms with Gasteiger partial charge in [0.2, 0.25) is 21.8 Å². The molecule has 2 N–H and O–H groups in total. The first-order chi connectivity index (χ1) is 14.6. The molecule has 0 aromatic heterocycles. The van der Waals surface area contributed by atoms with Crippen molar-refractivity contribution in [3.8, 4) is 0 Å². The predicted molar refractivity (Wildman–Crippen MR) is 115 cm³/mol. The maximum Gasteiger partial charge on any atom is 0.257 e. The number of amides is 3. The van der Waals surface area contributed by atoms with E-state index in [0.717, 1.165) is 10.5 Å². The van der Waals surface area contributed by atoms with E-state index in [9.17, 15) is 22.8 Å². The molecule has 2 aromatic rings. The Morgan fingerprint density at radius 2 is 1.74 bits per heavy atom. The third-order valence-electron chi connectivity index (χ3n) is 5.33. The zero-order valence-electron chi connectivity index (χ0n) is 17.4. The second-order valence-electron chi connectivity index (χ2n) is 7.46. The molecule has 2 aromatic carbocycles. The van der Waals surface area contributed by atoms with Crippen molar-refractivity contribution >= 4 is 33.4 Å². The van der Waals surface area contributed by atoms with Crippen LogP contribution in [0.25, 0.3) is 0 Å². The molecule has 3 amide bonds. The Kier molecular flexibility index (Phi) is 6.56. The normalized spacial score (nSPS) is 17.6. The van der Waals surface area contributed by atoms with Gasteiger partial charge in [-0.3, -0.25) is 14.4 Å². The van der Waals surface area contributed by atoms with E-state index in [1.807, 2.05) is 44.2 Å². The number of rotatable bonds is 7. The summed E-state index contributed by atoms with van der Waals surface area (Å²) in [5.74, 6) is -1.16. The Morgan fingerprint density at radius 3 is 2.29 bits per heavy atom. The Labute approximate surface area is 181 Å². The third-order valence-corrected chi connectivity index (χ3v) is 6.26. The van der Waals surface area contributed by atoms with Crippen LogP contribution in [0.1, 0.15) is 44.7 Å². The van der Waals surface area contributed by atoms with Crippen molar-refractivity contribution in [1.29, 1.82) is 0 Å². The third kappa shape index (κ3) is 4.67. The molecule has 0 spiro atoms. The molecule has 1 saturated heterocycles. The van der Waals surface area contributed by atoms with Gasteiger partial charge in [-0.05, 0) is 43.2 Å². The highest BCUT2D eigenvalue weighted by Crippen LogP contribution is 2.32. The van der Waals surface area contributed by atoms with Gasteiger partial charge >= 0.3 is 0 Å². The molecule has 1 aliphatic rings. The fourth-order valence-corrected chi connectivity index (χ4v) is 4.30.